The average molecular weight is 623 g/mol. The van der Waals surface area contributed by atoms with Gasteiger partial charge in [-0.1, -0.05) is 115 Å². The van der Waals surface area contributed by atoms with Gasteiger partial charge in [-0.15, -0.1) is 0 Å². The minimum Gasteiger partial charge on any atom is -0.455 e. The molecule has 0 N–H and O–H groups in total. The number of hydrogen-bond acceptors (Lipinski definition) is 1. The molecule has 0 aliphatic carbocycles. The van der Waals surface area contributed by atoms with Crippen molar-refractivity contribution in [2.45, 2.75) is 0 Å². The molecule has 3 heteroatoms. The number of aromatic nitrogens is 2. The van der Waals surface area contributed by atoms with Crippen molar-refractivity contribution in [2.75, 3.05) is 0 Å². The Kier molecular flexibility index (Phi) is 4.72. The van der Waals surface area contributed by atoms with Gasteiger partial charge in [-0.05, 0) is 64.2 Å². The van der Waals surface area contributed by atoms with Crippen molar-refractivity contribution in [1.82, 2.24) is 8.97 Å². The lowest BCUT2D eigenvalue weighted by Gasteiger charge is -2.11. The molecule has 0 fully saturated rings. The third-order valence-corrected chi connectivity index (χ3v) is 10.8. The standard InChI is InChI=1S/C46H26N2O/c1-2-13-30-27(10-1)22-25-41-42(30)36-18-8-16-31(46(36)49-41)28-11-7-12-29(26-28)47-39-21-9-17-34-32-14-3-5-19-37(32)48-38-20-6-4-15-33(38)35-23-24-40(47)44(43(34)39)45(35)48/h1-26H. The number of fused-ring (bicyclic) bond motifs is 11. The first-order valence-corrected chi connectivity index (χ1v) is 16.9. The highest BCUT2D eigenvalue weighted by atomic mass is 16.3. The zero-order valence-corrected chi connectivity index (χ0v) is 26.3. The number of rotatable bonds is 2. The highest BCUT2D eigenvalue weighted by Crippen LogP contribution is 2.46. The maximum Gasteiger partial charge on any atom is 0.143 e. The van der Waals surface area contributed by atoms with E-state index in [9.17, 15) is 0 Å². The van der Waals surface area contributed by atoms with Crippen molar-refractivity contribution in [3.05, 3.63) is 158 Å². The van der Waals surface area contributed by atoms with Crippen molar-refractivity contribution in [1.29, 1.82) is 0 Å². The Labute approximate surface area is 279 Å². The SMILES string of the molecule is c1cc(-c2cccc3c2oc2ccc4ccccc4c23)cc(-n2c3cccc4c5ccccc5n5c6ccccc6c6ccc2c(c43)c65)c1. The molecule has 12 aromatic rings. The maximum atomic E-state index is 6.65. The van der Waals surface area contributed by atoms with E-state index in [1.54, 1.807) is 0 Å². The van der Waals surface area contributed by atoms with Crippen molar-refractivity contribution < 1.29 is 4.42 Å². The summed E-state index contributed by atoms with van der Waals surface area (Å²) in [6, 6.07) is 57.4. The summed E-state index contributed by atoms with van der Waals surface area (Å²) < 4.78 is 11.6. The molecule has 0 saturated carbocycles. The van der Waals surface area contributed by atoms with Gasteiger partial charge >= 0.3 is 0 Å². The van der Waals surface area contributed by atoms with Crippen LogP contribution in [0.2, 0.25) is 0 Å². The van der Waals surface area contributed by atoms with Gasteiger partial charge in [-0.3, -0.25) is 0 Å². The van der Waals surface area contributed by atoms with Crippen molar-refractivity contribution in [2.24, 2.45) is 0 Å². The fraction of sp³-hybridized carbons (Fsp3) is 0. The molecule has 0 saturated heterocycles. The quantitative estimate of drug-likeness (QED) is 0.188. The van der Waals surface area contributed by atoms with E-state index in [4.69, 9.17) is 4.42 Å². The van der Waals surface area contributed by atoms with Crippen LogP contribution in [0, 0.1) is 0 Å². The first-order chi connectivity index (χ1) is 24.3. The summed E-state index contributed by atoms with van der Waals surface area (Å²) in [6.07, 6.45) is 0. The van der Waals surface area contributed by atoms with Gasteiger partial charge in [-0.2, -0.15) is 0 Å². The summed E-state index contributed by atoms with van der Waals surface area (Å²) in [7, 11) is 0. The van der Waals surface area contributed by atoms with Gasteiger partial charge in [0, 0.05) is 49.0 Å². The first-order valence-electron chi connectivity index (χ1n) is 16.9. The van der Waals surface area contributed by atoms with Crippen LogP contribution in [0.15, 0.2) is 162 Å². The molecule has 226 valence electrons. The van der Waals surface area contributed by atoms with E-state index < -0.39 is 0 Å². The average Bonchev–Trinajstić information content (AvgIpc) is 3.80. The summed E-state index contributed by atoms with van der Waals surface area (Å²) in [5.41, 5.74) is 11.3. The van der Waals surface area contributed by atoms with Crippen LogP contribution in [0.1, 0.15) is 0 Å². The third kappa shape index (κ3) is 3.17. The van der Waals surface area contributed by atoms with Crippen molar-refractivity contribution >= 4 is 92.6 Å². The third-order valence-electron chi connectivity index (χ3n) is 10.8. The molecule has 0 aliphatic heterocycles. The van der Waals surface area contributed by atoms with E-state index >= 15 is 0 Å². The lowest BCUT2D eigenvalue weighted by molar-refractivity contribution is 0.670. The fourth-order valence-corrected chi connectivity index (χ4v) is 8.86. The van der Waals surface area contributed by atoms with E-state index in [1.165, 1.54) is 76.1 Å². The Morgan fingerprint density at radius 3 is 1.96 bits per heavy atom. The monoisotopic (exact) mass is 622 g/mol. The van der Waals surface area contributed by atoms with Crippen LogP contribution in [0.5, 0.6) is 0 Å². The maximum absolute atomic E-state index is 6.65. The minimum absolute atomic E-state index is 0.918. The second kappa shape index (κ2) is 9.06. The molecule has 0 aliphatic rings. The lowest BCUT2D eigenvalue weighted by atomic mass is 9.99. The van der Waals surface area contributed by atoms with Crippen LogP contribution in [-0.2, 0) is 0 Å². The second-order valence-corrected chi connectivity index (χ2v) is 13.3. The van der Waals surface area contributed by atoms with E-state index in [0.29, 0.717) is 0 Å². The summed E-state index contributed by atoms with van der Waals surface area (Å²) in [6.45, 7) is 0. The Morgan fingerprint density at radius 2 is 1.08 bits per heavy atom. The highest BCUT2D eigenvalue weighted by molar-refractivity contribution is 6.33. The molecule has 0 unspecified atom stereocenters. The molecule has 4 aromatic heterocycles. The minimum atomic E-state index is 0.918. The molecular weight excluding hydrogens is 597 g/mol. The summed E-state index contributed by atoms with van der Waals surface area (Å²) >= 11 is 0. The number of nitrogens with zero attached hydrogens (tertiary/aromatic N) is 2. The zero-order chi connectivity index (χ0) is 31.8. The Bertz CT molecular complexity index is 3340. The van der Waals surface area contributed by atoms with Gasteiger partial charge in [-0.25, -0.2) is 0 Å². The number of para-hydroxylation sites is 3. The van der Waals surface area contributed by atoms with Crippen molar-refractivity contribution in [3.63, 3.8) is 0 Å². The Morgan fingerprint density at radius 1 is 0.408 bits per heavy atom. The van der Waals surface area contributed by atoms with Gasteiger partial charge in [0.2, 0.25) is 0 Å². The molecule has 8 aromatic carbocycles. The van der Waals surface area contributed by atoms with Crippen molar-refractivity contribution in [3.8, 4) is 16.8 Å². The normalized spacial score (nSPS) is 12.5. The molecule has 0 amide bonds. The van der Waals surface area contributed by atoms with Crippen LogP contribution < -0.4 is 0 Å². The summed E-state index contributed by atoms with van der Waals surface area (Å²) in [5.74, 6) is 0. The first kappa shape index (κ1) is 25.5. The van der Waals surface area contributed by atoms with Crippen LogP contribution in [0.3, 0.4) is 0 Å². The lowest BCUT2D eigenvalue weighted by Crippen LogP contribution is -1.95. The number of hydrogen-bond donors (Lipinski definition) is 0. The molecule has 0 radical (unpaired) electrons. The molecular formula is C46H26N2O. The van der Waals surface area contributed by atoms with Gasteiger partial charge in [0.1, 0.15) is 11.2 Å². The predicted octanol–water partition coefficient (Wildman–Crippen LogP) is 12.7. The molecule has 49 heavy (non-hydrogen) atoms. The van der Waals surface area contributed by atoms with Crippen LogP contribution >= 0.6 is 0 Å². The van der Waals surface area contributed by atoms with Crippen LogP contribution in [-0.4, -0.2) is 8.97 Å². The van der Waals surface area contributed by atoms with Gasteiger partial charge < -0.3 is 13.4 Å². The van der Waals surface area contributed by atoms with E-state index in [0.717, 1.165) is 33.4 Å². The van der Waals surface area contributed by atoms with E-state index in [-0.39, 0.29) is 0 Å². The summed E-state index contributed by atoms with van der Waals surface area (Å²) in [5, 5.41) is 12.5. The fourth-order valence-electron chi connectivity index (χ4n) is 8.86. The molecule has 0 spiro atoms. The van der Waals surface area contributed by atoms with Gasteiger partial charge in [0.05, 0.1) is 27.6 Å². The van der Waals surface area contributed by atoms with Gasteiger partial charge in [0.25, 0.3) is 0 Å². The highest BCUT2D eigenvalue weighted by Gasteiger charge is 2.23. The summed E-state index contributed by atoms with van der Waals surface area (Å²) in [4.78, 5) is 0. The smallest absolute Gasteiger partial charge is 0.143 e. The molecule has 4 heterocycles. The largest absolute Gasteiger partial charge is 0.455 e. The Hall–Kier alpha value is -6.58. The topological polar surface area (TPSA) is 22.5 Å². The number of furan rings is 1. The van der Waals surface area contributed by atoms with E-state index in [2.05, 4.69) is 167 Å². The molecule has 3 nitrogen and oxygen atoms in total. The van der Waals surface area contributed by atoms with E-state index in [1.807, 2.05) is 0 Å². The Balaban J connectivity index is 1.19. The zero-order valence-electron chi connectivity index (χ0n) is 26.3. The molecule has 12 rings (SSSR count). The van der Waals surface area contributed by atoms with Crippen LogP contribution in [0.4, 0.5) is 0 Å². The molecule has 0 atom stereocenters. The van der Waals surface area contributed by atoms with Gasteiger partial charge in [0.15, 0.2) is 0 Å². The number of benzene rings is 8. The predicted molar refractivity (Wildman–Crippen MR) is 206 cm³/mol. The second-order valence-electron chi connectivity index (χ2n) is 13.3. The van der Waals surface area contributed by atoms with Crippen LogP contribution in [0.25, 0.3) is 109 Å². The molecule has 0 bridgehead atoms.